The number of nitrogens with zero attached hydrogens (tertiary/aromatic N) is 2. The normalized spacial score (nSPS) is 24.8. The molecule has 160 valence electrons. The number of likely N-dealkylation sites (N-methyl/N-ethyl adjacent to an activating group) is 1. The van der Waals surface area contributed by atoms with E-state index in [9.17, 15) is 13.2 Å². The van der Waals surface area contributed by atoms with Gasteiger partial charge in [0.2, 0.25) is 15.9 Å². The number of piperidine rings is 1. The summed E-state index contributed by atoms with van der Waals surface area (Å²) in [6.45, 7) is 1.70. The number of hydrogen-bond acceptors (Lipinski definition) is 6. The van der Waals surface area contributed by atoms with E-state index in [1.54, 1.807) is 30.1 Å². The number of sulfonamides is 1. The van der Waals surface area contributed by atoms with Crippen LogP contribution in [-0.2, 0) is 30.7 Å². The Hall–Kier alpha value is -1.52. The quantitative estimate of drug-likeness (QED) is 0.755. The van der Waals surface area contributed by atoms with Crippen LogP contribution in [0, 0.1) is 0 Å². The summed E-state index contributed by atoms with van der Waals surface area (Å²) in [5.41, 5.74) is 1.18. The predicted octanol–water partition coefficient (Wildman–Crippen LogP) is 0.917. The molecular formula is C20H28N2O6S. The van der Waals surface area contributed by atoms with Crippen molar-refractivity contribution in [2.45, 2.75) is 48.7 Å². The molecule has 29 heavy (non-hydrogen) atoms. The maximum absolute atomic E-state index is 13.2. The fourth-order valence-electron chi connectivity index (χ4n) is 4.58. The lowest BCUT2D eigenvalue weighted by Gasteiger charge is -2.45. The highest BCUT2D eigenvalue weighted by molar-refractivity contribution is 7.89. The van der Waals surface area contributed by atoms with Crippen LogP contribution in [0.2, 0.25) is 0 Å². The Labute approximate surface area is 171 Å². The predicted molar refractivity (Wildman–Crippen MR) is 106 cm³/mol. The Morgan fingerprint density at radius 3 is 2.79 bits per heavy atom. The molecule has 9 heteroatoms. The number of carbonyl (C=O) groups is 1. The third-order valence-corrected chi connectivity index (χ3v) is 8.19. The first-order valence-electron chi connectivity index (χ1n) is 10.1. The molecule has 3 aliphatic heterocycles. The molecule has 1 atom stereocenters. The zero-order valence-electron chi connectivity index (χ0n) is 16.7. The zero-order chi connectivity index (χ0) is 20.6. The van der Waals surface area contributed by atoms with Crippen molar-refractivity contribution in [2.75, 3.05) is 44.9 Å². The number of rotatable bonds is 5. The van der Waals surface area contributed by atoms with E-state index in [0.29, 0.717) is 39.1 Å². The van der Waals surface area contributed by atoms with Gasteiger partial charge in [0.15, 0.2) is 0 Å². The molecule has 0 saturated carbocycles. The Balaban J connectivity index is 1.44. The summed E-state index contributed by atoms with van der Waals surface area (Å²) in [7, 11) is -1.92. The number of carbonyl (C=O) groups excluding carboxylic acids is 1. The topological polar surface area (TPSA) is 96.4 Å². The van der Waals surface area contributed by atoms with Gasteiger partial charge in [0.1, 0.15) is 0 Å². The molecule has 3 heterocycles. The molecule has 2 saturated heterocycles. The molecule has 1 unspecified atom stereocenters. The number of hydrogen-bond donors (Lipinski definition) is 1. The number of aliphatic hydroxyl groups excluding tert-OH is 1. The average molecular weight is 425 g/mol. The van der Waals surface area contributed by atoms with Gasteiger partial charge in [-0.05, 0) is 43.0 Å². The fourth-order valence-corrected chi connectivity index (χ4v) is 6.08. The number of amides is 1. The van der Waals surface area contributed by atoms with Crippen LogP contribution in [0.25, 0.3) is 0 Å². The van der Waals surface area contributed by atoms with Gasteiger partial charge in [0.05, 0.1) is 36.2 Å². The maximum atomic E-state index is 13.2. The number of anilines is 1. The lowest BCUT2D eigenvalue weighted by molar-refractivity contribution is -0.152. The van der Waals surface area contributed by atoms with Gasteiger partial charge in [-0.25, -0.2) is 8.42 Å². The second-order valence-corrected chi connectivity index (χ2v) is 10.0. The summed E-state index contributed by atoms with van der Waals surface area (Å²) in [5.74, 6) is -0.0260. The fraction of sp³-hybridized carbons (Fsp3) is 0.650. The second-order valence-electron chi connectivity index (χ2n) is 8.06. The van der Waals surface area contributed by atoms with Gasteiger partial charge in [0, 0.05) is 38.9 Å². The summed E-state index contributed by atoms with van der Waals surface area (Å²) in [6, 6.07) is 4.93. The van der Waals surface area contributed by atoms with Gasteiger partial charge in [-0.3, -0.25) is 4.79 Å². The highest BCUT2D eigenvalue weighted by Gasteiger charge is 2.43. The smallest absolute Gasteiger partial charge is 0.243 e. The Kier molecular flexibility index (Phi) is 5.69. The lowest BCUT2D eigenvalue weighted by atomic mass is 9.84. The van der Waals surface area contributed by atoms with Crippen LogP contribution in [0.5, 0.6) is 0 Å². The number of aliphatic hydroxyl groups is 1. The molecule has 1 aromatic carbocycles. The van der Waals surface area contributed by atoms with E-state index in [0.717, 1.165) is 24.1 Å². The number of ether oxygens (including phenoxy) is 2. The molecule has 4 rings (SSSR count). The van der Waals surface area contributed by atoms with Crippen molar-refractivity contribution in [3.8, 4) is 0 Å². The van der Waals surface area contributed by atoms with E-state index in [1.807, 2.05) is 0 Å². The summed E-state index contributed by atoms with van der Waals surface area (Å²) in [6.07, 6.45) is 3.06. The SMILES string of the molecule is CN1C(=O)Cc2cc(S(=O)(=O)N3CCC4(CC3)CC(OCCO)CCO4)ccc21. The zero-order valence-corrected chi connectivity index (χ0v) is 17.5. The van der Waals surface area contributed by atoms with Gasteiger partial charge >= 0.3 is 0 Å². The Bertz CT molecular complexity index is 879. The van der Waals surface area contributed by atoms with E-state index in [-0.39, 0.29) is 35.5 Å². The minimum absolute atomic E-state index is 0.00144. The van der Waals surface area contributed by atoms with Crippen molar-refractivity contribution in [2.24, 2.45) is 0 Å². The van der Waals surface area contributed by atoms with Crippen LogP contribution in [0.1, 0.15) is 31.2 Å². The van der Waals surface area contributed by atoms with Crippen molar-refractivity contribution in [3.05, 3.63) is 23.8 Å². The van der Waals surface area contributed by atoms with Crippen LogP contribution < -0.4 is 4.90 Å². The molecule has 1 spiro atoms. The molecule has 0 aromatic heterocycles. The lowest BCUT2D eigenvalue weighted by Crippen LogP contribution is -2.52. The Morgan fingerprint density at radius 2 is 2.07 bits per heavy atom. The van der Waals surface area contributed by atoms with Crippen LogP contribution in [0.3, 0.4) is 0 Å². The van der Waals surface area contributed by atoms with Crippen molar-refractivity contribution < 1.29 is 27.8 Å². The van der Waals surface area contributed by atoms with E-state index in [4.69, 9.17) is 14.6 Å². The van der Waals surface area contributed by atoms with Crippen LogP contribution in [-0.4, -0.2) is 75.4 Å². The third kappa shape index (κ3) is 3.94. The first kappa shape index (κ1) is 20.7. The minimum atomic E-state index is -3.62. The van der Waals surface area contributed by atoms with Gasteiger partial charge in [0.25, 0.3) is 0 Å². The van der Waals surface area contributed by atoms with Crippen molar-refractivity contribution >= 4 is 21.6 Å². The minimum Gasteiger partial charge on any atom is -0.394 e. The number of fused-ring (bicyclic) bond motifs is 1. The van der Waals surface area contributed by atoms with Crippen LogP contribution in [0.15, 0.2) is 23.1 Å². The van der Waals surface area contributed by atoms with E-state index >= 15 is 0 Å². The molecule has 0 aliphatic carbocycles. The highest BCUT2D eigenvalue weighted by atomic mass is 32.2. The second kappa shape index (κ2) is 7.96. The molecule has 1 aromatic rings. The summed E-state index contributed by atoms with van der Waals surface area (Å²) in [5, 5.41) is 8.97. The molecule has 8 nitrogen and oxygen atoms in total. The first-order chi connectivity index (χ1) is 13.8. The van der Waals surface area contributed by atoms with Gasteiger partial charge in [-0.15, -0.1) is 0 Å². The molecule has 0 bridgehead atoms. The largest absolute Gasteiger partial charge is 0.394 e. The van der Waals surface area contributed by atoms with E-state index < -0.39 is 10.0 Å². The molecule has 1 amide bonds. The van der Waals surface area contributed by atoms with Gasteiger partial charge in [-0.2, -0.15) is 4.31 Å². The van der Waals surface area contributed by atoms with E-state index in [1.165, 1.54) is 4.31 Å². The van der Waals surface area contributed by atoms with Crippen LogP contribution >= 0.6 is 0 Å². The monoisotopic (exact) mass is 424 g/mol. The van der Waals surface area contributed by atoms with Crippen LogP contribution in [0.4, 0.5) is 5.69 Å². The first-order valence-corrected chi connectivity index (χ1v) is 11.5. The molecule has 1 N–H and O–H groups in total. The van der Waals surface area contributed by atoms with Crippen molar-refractivity contribution in [1.29, 1.82) is 0 Å². The molecule has 2 fully saturated rings. The summed E-state index contributed by atoms with van der Waals surface area (Å²) >= 11 is 0. The van der Waals surface area contributed by atoms with Crippen molar-refractivity contribution in [3.63, 3.8) is 0 Å². The molecule has 3 aliphatic rings. The standard InChI is InChI=1S/C20H28N2O6S/c1-21-18-3-2-17(12-15(18)13-19(21)24)29(25,26)22-7-5-20(6-8-22)14-16(4-10-28-20)27-11-9-23/h2-3,12,16,23H,4-11,13-14H2,1H3. The van der Waals surface area contributed by atoms with Gasteiger partial charge < -0.3 is 19.5 Å². The summed E-state index contributed by atoms with van der Waals surface area (Å²) < 4.78 is 39.6. The Morgan fingerprint density at radius 1 is 1.31 bits per heavy atom. The summed E-state index contributed by atoms with van der Waals surface area (Å²) in [4.78, 5) is 13.7. The highest BCUT2D eigenvalue weighted by Crippen LogP contribution is 2.38. The van der Waals surface area contributed by atoms with Gasteiger partial charge in [-0.1, -0.05) is 0 Å². The average Bonchev–Trinajstić information content (AvgIpc) is 3.00. The molecular weight excluding hydrogens is 396 g/mol. The van der Waals surface area contributed by atoms with Crippen molar-refractivity contribution in [1.82, 2.24) is 4.31 Å². The third-order valence-electron chi connectivity index (χ3n) is 6.29. The van der Waals surface area contributed by atoms with E-state index in [2.05, 4.69) is 0 Å². The number of benzene rings is 1. The maximum Gasteiger partial charge on any atom is 0.243 e. The molecule has 0 radical (unpaired) electrons.